The number of nitrogens with zero attached hydrogens (tertiary/aromatic N) is 2. The minimum atomic E-state index is -0.461. The molecule has 3 N–H and O–H groups in total. The number of rotatable bonds is 5. The largest absolute Gasteiger partial charge is 0.381 e. The zero-order valence-corrected chi connectivity index (χ0v) is 12.5. The maximum atomic E-state index is 5.75. The third kappa shape index (κ3) is 3.26. The molecule has 0 radical (unpaired) electrons. The summed E-state index contributed by atoms with van der Waals surface area (Å²) in [7, 11) is 1.71. The van der Waals surface area contributed by atoms with Crippen molar-refractivity contribution in [1.29, 1.82) is 0 Å². The van der Waals surface area contributed by atoms with E-state index in [0.29, 0.717) is 30.8 Å². The van der Waals surface area contributed by atoms with Crippen LogP contribution in [0.15, 0.2) is 6.07 Å². The Kier molecular flexibility index (Phi) is 4.91. The fraction of sp³-hybridized carbons (Fsp3) is 0.714. The number of nitrogens with two attached hydrogens (primary N) is 1. The van der Waals surface area contributed by atoms with Gasteiger partial charge >= 0.3 is 0 Å². The fourth-order valence-electron chi connectivity index (χ4n) is 2.52. The van der Waals surface area contributed by atoms with E-state index in [4.69, 9.17) is 20.3 Å². The number of anilines is 1. The molecule has 0 saturated carbocycles. The van der Waals surface area contributed by atoms with Gasteiger partial charge in [0.25, 0.3) is 0 Å². The average molecular weight is 280 g/mol. The van der Waals surface area contributed by atoms with Crippen molar-refractivity contribution in [3.05, 3.63) is 17.6 Å². The molecule has 0 atom stereocenters. The van der Waals surface area contributed by atoms with Crippen molar-refractivity contribution in [2.45, 2.75) is 38.7 Å². The Morgan fingerprint density at radius 2 is 2.10 bits per heavy atom. The summed E-state index contributed by atoms with van der Waals surface area (Å²) in [6.07, 6.45) is 2.41. The monoisotopic (exact) mass is 280 g/mol. The van der Waals surface area contributed by atoms with Gasteiger partial charge in [-0.3, -0.25) is 0 Å². The lowest BCUT2D eigenvalue weighted by Crippen LogP contribution is -2.38. The van der Waals surface area contributed by atoms with Gasteiger partial charge in [0.1, 0.15) is 11.4 Å². The molecule has 1 aliphatic rings. The van der Waals surface area contributed by atoms with Crippen LogP contribution < -0.4 is 11.3 Å². The highest BCUT2D eigenvalue weighted by Gasteiger charge is 2.37. The Labute approximate surface area is 120 Å². The standard InChI is InChI=1S/C14H24N4O2/c1-10(2)8-11-9-12(18-15)17-13(16-11)14(19-3)4-6-20-7-5-14/h9-10H,4-8,15H2,1-3H3,(H,16,17,18). The van der Waals surface area contributed by atoms with Crippen molar-refractivity contribution in [2.75, 3.05) is 25.7 Å². The first-order valence-electron chi connectivity index (χ1n) is 7.07. The minimum Gasteiger partial charge on any atom is -0.381 e. The quantitative estimate of drug-likeness (QED) is 0.630. The fourth-order valence-corrected chi connectivity index (χ4v) is 2.52. The zero-order chi connectivity index (χ0) is 14.6. The van der Waals surface area contributed by atoms with E-state index in [1.165, 1.54) is 0 Å². The Hall–Kier alpha value is -1.24. The molecule has 0 spiro atoms. The molecule has 2 rings (SSSR count). The SMILES string of the molecule is COC1(c2nc(CC(C)C)cc(NN)n2)CCOCC1. The smallest absolute Gasteiger partial charge is 0.163 e. The van der Waals surface area contributed by atoms with Gasteiger partial charge in [0.05, 0.1) is 0 Å². The van der Waals surface area contributed by atoms with Crippen LogP contribution in [0.2, 0.25) is 0 Å². The summed E-state index contributed by atoms with van der Waals surface area (Å²) in [6.45, 7) is 5.66. The van der Waals surface area contributed by atoms with Crippen molar-refractivity contribution in [3.8, 4) is 0 Å². The van der Waals surface area contributed by atoms with E-state index in [1.807, 2.05) is 6.07 Å². The van der Waals surface area contributed by atoms with E-state index in [-0.39, 0.29) is 0 Å². The molecule has 6 nitrogen and oxygen atoms in total. The van der Waals surface area contributed by atoms with E-state index >= 15 is 0 Å². The molecule has 1 fully saturated rings. The topological polar surface area (TPSA) is 82.3 Å². The summed E-state index contributed by atoms with van der Waals surface area (Å²) in [4.78, 5) is 9.20. The molecule has 0 aromatic carbocycles. The van der Waals surface area contributed by atoms with Crippen molar-refractivity contribution in [1.82, 2.24) is 9.97 Å². The Morgan fingerprint density at radius 1 is 1.40 bits per heavy atom. The Bertz CT molecular complexity index is 445. The summed E-state index contributed by atoms with van der Waals surface area (Å²) in [5, 5.41) is 0. The van der Waals surface area contributed by atoms with Crippen molar-refractivity contribution < 1.29 is 9.47 Å². The van der Waals surface area contributed by atoms with E-state index < -0.39 is 5.60 Å². The van der Waals surface area contributed by atoms with Gasteiger partial charge in [-0.25, -0.2) is 15.8 Å². The molecule has 0 aliphatic carbocycles. The second-order valence-corrected chi connectivity index (χ2v) is 5.62. The molecule has 1 aromatic heterocycles. The maximum Gasteiger partial charge on any atom is 0.163 e. The van der Waals surface area contributed by atoms with E-state index in [1.54, 1.807) is 7.11 Å². The van der Waals surface area contributed by atoms with Crippen LogP contribution in [0.4, 0.5) is 5.82 Å². The number of hydrogen-bond acceptors (Lipinski definition) is 6. The van der Waals surface area contributed by atoms with Gasteiger partial charge in [0.15, 0.2) is 5.82 Å². The van der Waals surface area contributed by atoms with Crippen molar-refractivity contribution in [2.24, 2.45) is 11.8 Å². The predicted molar refractivity (Wildman–Crippen MR) is 77.1 cm³/mol. The molecular formula is C14H24N4O2. The first-order valence-corrected chi connectivity index (χ1v) is 7.07. The number of ether oxygens (including phenoxy) is 2. The first-order chi connectivity index (χ1) is 9.59. The molecule has 1 saturated heterocycles. The number of methoxy groups -OCH3 is 1. The third-order valence-electron chi connectivity index (χ3n) is 3.64. The van der Waals surface area contributed by atoms with Gasteiger partial charge < -0.3 is 14.9 Å². The molecule has 2 heterocycles. The highest BCUT2D eigenvalue weighted by Crippen LogP contribution is 2.34. The highest BCUT2D eigenvalue weighted by molar-refractivity contribution is 5.35. The predicted octanol–water partition coefficient (Wildman–Crippen LogP) is 1.61. The van der Waals surface area contributed by atoms with Crippen molar-refractivity contribution in [3.63, 3.8) is 0 Å². The lowest BCUT2D eigenvalue weighted by Gasteiger charge is -2.34. The lowest BCUT2D eigenvalue weighted by molar-refractivity contribution is -0.1000. The second-order valence-electron chi connectivity index (χ2n) is 5.62. The van der Waals surface area contributed by atoms with Crippen LogP contribution in [0, 0.1) is 5.92 Å². The Balaban J connectivity index is 2.37. The molecule has 0 unspecified atom stereocenters. The van der Waals surface area contributed by atoms with Crippen LogP contribution >= 0.6 is 0 Å². The molecule has 1 aromatic rings. The van der Waals surface area contributed by atoms with Crippen LogP contribution in [0.25, 0.3) is 0 Å². The Morgan fingerprint density at radius 3 is 2.65 bits per heavy atom. The van der Waals surface area contributed by atoms with Gasteiger partial charge in [0, 0.05) is 44.9 Å². The zero-order valence-electron chi connectivity index (χ0n) is 12.5. The van der Waals surface area contributed by atoms with E-state index in [2.05, 4.69) is 24.3 Å². The molecule has 6 heteroatoms. The summed E-state index contributed by atoms with van der Waals surface area (Å²) in [5.74, 6) is 7.39. The molecule has 0 bridgehead atoms. The van der Waals surface area contributed by atoms with Crippen molar-refractivity contribution >= 4 is 5.82 Å². The number of nitrogens with one attached hydrogen (secondary N) is 1. The van der Waals surface area contributed by atoms with Gasteiger partial charge in [-0.15, -0.1) is 0 Å². The lowest BCUT2D eigenvalue weighted by atomic mass is 9.92. The summed E-state index contributed by atoms with van der Waals surface area (Å²) in [6, 6.07) is 1.90. The van der Waals surface area contributed by atoms with Gasteiger partial charge in [-0.05, 0) is 12.3 Å². The van der Waals surface area contributed by atoms with Crippen LogP contribution in [-0.4, -0.2) is 30.3 Å². The number of aromatic nitrogens is 2. The summed E-state index contributed by atoms with van der Waals surface area (Å²) in [5.41, 5.74) is 3.15. The maximum absolute atomic E-state index is 5.75. The summed E-state index contributed by atoms with van der Waals surface area (Å²) < 4.78 is 11.2. The minimum absolute atomic E-state index is 0.461. The number of hydrogen-bond donors (Lipinski definition) is 2. The third-order valence-corrected chi connectivity index (χ3v) is 3.64. The molecule has 20 heavy (non-hydrogen) atoms. The second kappa shape index (κ2) is 6.47. The van der Waals surface area contributed by atoms with E-state index in [9.17, 15) is 0 Å². The molecule has 112 valence electrons. The normalized spacial score (nSPS) is 18.2. The molecule has 1 aliphatic heterocycles. The van der Waals surface area contributed by atoms with Gasteiger partial charge in [-0.2, -0.15) is 0 Å². The number of nitrogen functional groups attached to an aromatic ring is 1. The van der Waals surface area contributed by atoms with Gasteiger partial charge in [-0.1, -0.05) is 13.8 Å². The molecule has 0 amide bonds. The first kappa shape index (κ1) is 15.2. The van der Waals surface area contributed by atoms with Crippen LogP contribution in [0.5, 0.6) is 0 Å². The van der Waals surface area contributed by atoms with Gasteiger partial charge in [0.2, 0.25) is 0 Å². The highest BCUT2D eigenvalue weighted by atomic mass is 16.5. The van der Waals surface area contributed by atoms with Crippen LogP contribution in [0.3, 0.4) is 0 Å². The van der Waals surface area contributed by atoms with Crippen LogP contribution in [0.1, 0.15) is 38.2 Å². The van der Waals surface area contributed by atoms with E-state index in [0.717, 1.165) is 25.0 Å². The summed E-state index contributed by atoms with van der Waals surface area (Å²) >= 11 is 0. The number of hydrazine groups is 1. The van der Waals surface area contributed by atoms with Crippen LogP contribution in [-0.2, 0) is 21.5 Å². The molecular weight excluding hydrogens is 256 g/mol. The average Bonchev–Trinajstić information content (AvgIpc) is 2.46.